The molecule has 0 bridgehead atoms. The molecule has 0 heterocycles. The van der Waals surface area contributed by atoms with E-state index < -0.39 is 22.5 Å². The maximum absolute atomic E-state index is 13.5. The zero-order chi connectivity index (χ0) is 25.0. The highest BCUT2D eigenvalue weighted by atomic mass is 35.5. The molecule has 0 unspecified atom stereocenters. The molecule has 0 aliphatic heterocycles. The predicted molar refractivity (Wildman–Crippen MR) is 142 cm³/mol. The van der Waals surface area contributed by atoms with Crippen LogP contribution in [-0.2, 0) is 27.7 Å². The average molecular weight is 532 g/mol. The second-order valence-corrected chi connectivity index (χ2v) is 11.5. The van der Waals surface area contributed by atoms with Crippen molar-refractivity contribution in [2.24, 2.45) is 0 Å². The fraction of sp³-hybridized carbons (Fsp3) is 0.296. The largest absolute Gasteiger partial charge is 0.348 e. The number of halogens is 2. The second kappa shape index (κ2) is 11.0. The molecular formula is C27H28Cl2N2O3S. The number of amides is 1. The Labute approximate surface area is 217 Å². The third kappa shape index (κ3) is 6.00. The lowest BCUT2D eigenvalue weighted by molar-refractivity contribution is -0.120. The molecule has 3 aromatic rings. The molecule has 1 atom stereocenters. The van der Waals surface area contributed by atoms with E-state index in [1.807, 2.05) is 6.92 Å². The first-order valence-corrected chi connectivity index (χ1v) is 13.9. The molecule has 0 radical (unpaired) electrons. The first-order chi connectivity index (χ1) is 16.8. The van der Waals surface area contributed by atoms with Gasteiger partial charge in [0.25, 0.3) is 10.0 Å². The average Bonchev–Trinajstić information content (AvgIpc) is 2.85. The van der Waals surface area contributed by atoms with Gasteiger partial charge in [0.2, 0.25) is 5.91 Å². The molecule has 8 heteroatoms. The molecule has 0 fully saturated rings. The van der Waals surface area contributed by atoms with Crippen LogP contribution in [0.25, 0.3) is 0 Å². The van der Waals surface area contributed by atoms with Gasteiger partial charge >= 0.3 is 0 Å². The number of aryl methyl sites for hydroxylation is 2. The van der Waals surface area contributed by atoms with E-state index in [0.29, 0.717) is 6.42 Å². The van der Waals surface area contributed by atoms with Crippen LogP contribution in [0.5, 0.6) is 0 Å². The molecule has 0 saturated carbocycles. The Morgan fingerprint density at radius 1 is 0.943 bits per heavy atom. The number of hydrogen-bond donors (Lipinski definition) is 1. The van der Waals surface area contributed by atoms with Gasteiger partial charge in [0.15, 0.2) is 0 Å². The van der Waals surface area contributed by atoms with E-state index in [1.165, 1.54) is 54.3 Å². The van der Waals surface area contributed by atoms with Crippen molar-refractivity contribution in [2.45, 2.75) is 50.0 Å². The second-order valence-electron chi connectivity index (χ2n) is 8.72. The Morgan fingerprint density at radius 3 is 2.26 bits per heavy atom. The summed E-state index contributed by atoms with van der Waals surface area (Å²) in [5.74, 6) is -0.412. The fourth-order valence-corrected chi connectivity index (χ4v) is 6.42. The highest BCUT2D eigenvalue weighted by molar-refractivity contribution is 7.92. The highest BCUT2D eigenvalue weighted by Gasteiger charge is 2.28. The standard InChI is InChI=1S/C27H28Cl2N2O3S/c1-2-26(21-13-12-19-8-6-7-9-20(19)14-21)30-27(32)18-31(24-16-22(28)15-23(29)17-24)35(33,34)25-10-4-3-5-11-25/h3-5,10-17,26H,2,6-9,18H2,1H3,(H,30,32)/t26-/m0/s1. The number of sulfonamides is 1. The summed E-state index contributed by atoms with van der Waals surface area (Å²) in [6, 6.07) is 18.7. The molecule has 35 heavy (non-hydrogen) atoms. The molecule has 4 rings (SSSR count). The number of fused-ring (bicyclic) bond motifs is 1. The number of rotatable bonds is 8. The number of nitrogens with one attached hydrogen (secondary N) is 1. The zero-order valence-corrected chi connectivity index (χ0v) is 21.8. The topological polar surface area (TPSA) is 66.5 Å². The third-order valence-corrected chi connectivity index (χ3v) is 8.50. The van der Waals surface area contributed by atoms with Crippen molar-refractivity contribution in [3.63, 3.8) is 0 Å². The summed E-state index contributed by atoms with van der Waals surface area (Å²) < 4.78 is 28.1. The summed E-state index contributed by atoms with van der Waals surface area (Å²) in [6.07, 6.45) is 5.20. The van der Waals surface area contributed by atoms with Crippen LogP contribution in [0.2, 0.25) is 10.0 Å². The van der Waals surface area contributed by atoms with Crippen LogP contribution in [0.1, 0.15) is 48.9 Å². The van der Waals surface area contributed by atoms with E-state index in [-0.39, 0.29) is 26.7 Å². The maximum Gasteiger partial charge on any atom is 0.264 e. The van der Waals surface area contributed by atoms with E-state index >= 15 is 0 Å². The van der Waals surface area contributed by atoms with E-state index in [0.717, 1.165) is 22.7 Å². The number of nitrogens with zero attached hydrogens (tertiary/aromatic N) is 1. The van der Waals surface area contributed by atoms with Crippen molar-refractivity contribution in [3.05, 3.63) is 93.5 Å². The summed E-state index contributed by atoms with van der Waals surface area (Å²) >= 11 is 12.3. The first-order valence-electron chi connectivity index (χ1n) is 11.7. The lowest BCUT2D eigenvalue weighted by Crippen LogP contribution is -2.42. The molecule has 1 aliphatic carbocycles. The molecule has 3 aromatic carbocycles. The van der Waals surface area contributed by atoms with Gasteiger partial charge in [0.1, 0.15) is 6.54 Å². The third-order valence-electron chi connectivity index (χ3n) is 6.27. The van der Waals surface area contributed by atoms with E-state index in [2.05, 4.69) is 23.5 Å². The Balaban J connectivity index is 1.61. The van der Waals surface area contributed by atoms with Crippen molar-refractivity contribution in [1.29, 1.82) is 0 Å². The van der Waals surface area contributed by atoms with Crippen LogP contribution in [0.15, 0.2) is 71.6 Å². The van der Waals surface area contributed by atoms with Crippen molar-refractivity contribution >= 4 is 44.8 Å². The van der Waals surface area contributed by atoms with Gasteiger partial charge in [-0.25, -0.2) is 8.42 Å². The smallest absolute Gasteiger partial charge is 0.264 e. The van der Waals surface area contributed by atoms with Crippen LogP contribution < -0.4 is 9.62 Å². The molecular weight excluding hydrogens is 503 g/mol. The molecule has 0 aromatic heterocycles. The zero-order valence-electron chi connectivity index (χ0n) is 19.5. The quantitative estimate of drug-likeness (QED) is 0.369. The number of benzene rings is 3. The van der Waals surface area contributed by atoms with Crippen LogP contribution in [0.3, 0.4) is 0 Å². The maximum atomic E-state index is 13.5. The van der Waals surface area contributed by atoms with E-state index in [1.54, 1.807) is 18.2 Å². The molecule has 1 N–H and O–H groups in total. The first kappa shape index (κ1) is 25.5. The van der Waals surface area contributed by atoms with Gasteiger partial charge in [-0.2, -0.15) is 0 Å². The normalized spacial score (nSPS) is 14.1. The molecule has 0 spiro atoms. The summed E-state index contributed by atoms with van der Waals surface area (Å²) in [4.78, 5) is 13.3. The van der Waals surface area contributed by atoms with Crippen molar-refractivity contribution in [3.8, 4) is 0 Å². The van der Waals surface area contributed by atoms with Crippen LogP contribution in [-0.4, -0.2) is 20.9 Å². The van der Waals surface area contributed by atoms with Crippen molar-refractivity contribution in [2.75, 3.05) is 10.8 Å². The van der Waals surface area contributed by atoms with E-state index in [9.17, 15) is 13.2 Å². The fourth-order valence-electron chi connectivity index (χ4n) is 4.48. The number of carbonyl (C=O) groups excluding carboxylic acids is 1. The molecule has 5 nitrogen and oxygen atoms in total. The Bertz CT molecular complexity index is 1290. The van der Waals surface area contributed by atoms with Gasteiger partial charge in [-0.05, 0) is 79.1 Å². The van der Waals surface area contributed by atoms with Crippen LogP contribution in [0.4, 0.5) is 5.69 Å². The minimum absolute atomic E-state index is 0.0747. The SMILES string of the molecule is CC[C@H](NC(=O)CN(c1cc(Cl)cc(Cl)c1)S(=O)(=O)c1ccccc1)c1ccc2c(c1)CCCC2. The molecule has 184 valence electrons. The van der Waals surface area contributed by atoms with Crippen molar-refractivity contribution in [1.82, 2.24) is 5.32 Å². The van der Waals surface area contributed by atoms with Gasteiger partial charge in [0.05, 0.1) is 16.6 Å². The van der Waals surface area contributed by atoms with Gasteiger partial charge in [0, 0.05) is 10.0 Å². The molecule has 0 saturated heterocycles. The number of anilines is 1. The van der Waals surface area contributed by atoms with Gasteiger partial charge in [-0.3, -0.25) is 9.10 Å². The summed E-state index contributed by atoms with van der Waals surface area (Å²) in [7, 11) is -4.05. The monoisotopic (exact) mass is 530 g/mol. The Morgan fingerprint density at radius 2 is 1.60 bits per heavy atom. The number of carbonyl (C=O) groups is 1. The van der Waals surface area contributed by atoms with Crippen LogP contribution in [0, 0.1) is 0 Å². The van der Waals surface area contributed by atoms with Gasteiger partial charge < -0.3 is 5.32 Å². The molecule has 1 amide bonds. The van der Waals surface area contributed by atoms with E-state index in [4.69, 9.17) is 23.2 Å². The number of hydrogen-bond acceptors (Lipinski definition) is 3. The Kier molecular flexibility index (Phi) is 8.05. The summed E-state index contributed by atoms with van der Waals surface area (Å²) in [5, 5.41) is 3.59. The highest BCUT2D eigenvalue weighted by Crippen LogP contribution is 2.30. The van der Waals surface area contributed by atoms with Crippen molar-refractivity contribution < 1.29 is 13.2 Å². The Hall–Kier alpha value is -2.54. The minimum atomic E-state index is -4.05. The van der Waals surface area contributed by atoms with Gasteiger partial charge in [-0.1, -0.05) is 66.5 Å². The van der Waals surface area contributed by atoms with Gasteiger partial charge in [-0.15, -0.1) is 0 Å². The summed E-state index contributed by atoms with van der Waals surface area (Å²) in [6.45, 7) is 1.59. The minimum Gasteiger partial charge on any atom is -0.348 e. The van der Waals surface area contributed by atoms with Crippen LogP contribution >= 0.6 is 23.2 Å². The lowest BCUT2D eigenvalue weighted by atomic mass is 9.89. The summed E-state index contributed by atoms with van der Waals surface area (Å²) in [5.41, 5.74) is 3.97. The predicted octanol–water partition coefficient (Wildman–Crippen LogP) is 6.34. The lowest BCUT2D eigenvalue weighted by Gasteiger charge is -2.26. The molecule has 1 aliphatic rings.